The lowest BCUT2D eigenvalue weighted by Crippen LogP contribution is -2.60. The predicted molar refractivity (Wildman–Crippen MR) is 137 cm³/mol. The van der Waals surface area contributed by atoms with Gasteiger partial charge in [-0.3, -0.25) is 14.6 Å². The zero-order valence-electron chi connectivity index (χ0n) is 22.5. The number of rotatable bonds is 5. The maximum atomic E-state index is 14.5. The van der Waals surface area contributed by atoms with Crippen LogP contribution < -0.4 is 5.32 Å². The van der Waals surface area contributed by atoms with Crippen LogP contribution in [0.2, 0.25) is 0 Å². The third-order valence-electron chi connectivity index (χ3n) is 7.52. The van der Waals surface area contributed by atoms with Crippen molar-refractivity contribution >= 4 is 17.5 Å². The molecule has 3 aromatic rings. The molecule has 16 heteroatoms. The van der Waals surface area contributed by atoms with Crippen molar-refractivity contribution in [1.29, 1.82) is 0 Å². The SMILES string of the molecule is C[C@]12CCCN1N(Cc1c(F)cccc1F)C(=O)C(C(=O)Nc1ccc(C(F)(F)F)cc1-c1cc(C(F)(F)F)ncn1)=C2O. The fourth-order valence-electron chi connectivity index (χ4n) is 5.27. The molecule has 5 rings (SSSR count). The Morgan fingerprint density at radius 2 is 1.70 bits per heavy atom. The molecule has 0 bridgehead atoms. The van der Waals surface area contributed by atoms with E-state index in [1.54, 1.807) is 0 Å². The van der Waals surface area contributed by atoms with Gasteiger partial charge in [0, 0.05) is 17.7 Å². The van der Waals surface area contributed by atoms with E-state index in [1.807, 2.05) is 0 Å². The Bertz CT molecular complexity index is 1670. The van der Waals surface area contributed by atoms with Crippen molar-refractivity contribution in [3.05, 3.63) is 88.6 Å². The van der Waals surface area contributed by atoms with Gasteiger partial charge in [-0.2, -0.15) is 26.3 Å². The third-order valence-corrected chi connectivity index (χ3v) is 7.52. The van der Waals surface area contributed by atoms with E-state index >= 15 is 0 Å². The first-order valence-corrected chi connectivity index (χ1v) is 12.9. The van der Waals surface area contributed by atoms with Gasteiger partial charge in [0.1, 0.15) is 35.0 Å². The number of anilines is 1. The predicted octanol–water partition coefficient (Wildman–Crippen LogP) is 6.02. The molecule has 1 saturated heterocycles. The van der Waals surface area contributed by atoms with Crippen LogP contribution >= 0.6 is 0 Å². The van der Waals surface area contributed by atoms with Crippen molar-refractivity contribution in [2.24, 2.45) is 0 Å². The number of fused-ring (bicyclic) bond motifs is 1. The van der Waals surface area contributed by atoms with Crippen molar-refractivity contribution in [2.45, 2.75) is 44.2 Å². The summed E-state index contributed by atoms with van der Waals surface area (Å²) in [6.07, 6.45) is -8.79. The van der Waals surface area contributed by atoms with Crippen molar-refractivity contribution < 1.29 is 49.8 Å². The largest absolute Gasteiger partial charge is 0.509 e. The van der Waals surface area contributed by atoms with Gasteiger partial charge < -0.3 is 10.4 Å². The molecule has 3 heterocycles. The lowest BCUT2D eigenvalue weighted by molar-refractivity contribution is -0.160. The molecule has 0 radical (unpaired) electrons. The Hall–Kier alpha value is -4.60. The molecule has 2 aromatic carbocycles. The van der Waals surface area contributed by atoms with E-state index in [1.165, 1.54) is 11.9 Å². The number of carbonyl (C=O) groups excluding carboxylic acids is 2. The lowest BCUT2D eigenvalue weighted by Gasteiger charge is -2.46. The normalized spacial score (nSPS) is 19.4. The Balaban J connectivity index is 1.57. The maximum absolute atomic E-state index is 14.5. The van der Waals surface area contributed by atoms with Gasteiger partial charge in [-0.15, -0.1) is 0 Å². The first-order valence-electron chi connectivity index (χ1n) is 12.9. The zero-order chi connectivity index (χ0) is 32.2. The van der Waals surface area contributed by atoms with Gasteiger partial charge >= 0.3 is 12.4 Å². The summed E-state index contributed by atoms with van der Waals surface area (Å²) < 4.78 is 110. The summed E-state index contributed by atoms with van der Waals surface area (Å²) in [5.41, 5.74) is -7.19. The van der Waals surface area contributed by atoms with Crippen LogP contribution in [-0.2, 0) is 28.5 Å². The zero-order valence-corrected chi connectivity index (χ0v) is 22.5. The quantitative estimate of drug-likeness (QED) is 0.265. The van der Waals surface area contributed by atoms with Crippen molar-refractivity contribution in [3.63, 3.8) is 0 Å². The van der Waals surface area contributed by atoms with Crippen LogP contribution in [0.3, 0.4) is 0 Å². The highest BCUT2D eigenvalue weighted by Gasteiger charge is 2.53. The molecular formula is C28H21F8N5O3. The number of hydrazine groups is 1. The number of hydrogen-bond acceptors (Lipinski definition) is 6. The highest BCUT2D eigenvalue weighted by atomic mass is 19.4. The summed E-state index contributed by atoms with van der Waals surface area (Å²) in [6, 6.07) is 5.22. The molecule has 1 fully saturated rings. The van der Waals surface area contributed by atoms with E-state index in [0.717, 1.165) is 29.3 Å². The number of benzene rings is 2. The van der Waals surface area contributed by atoms with E-state index in [2.05, 4.69) is 15.3 Å². The number of aromatic nitrogens is 2. The van der Waals surface area contributed by atoms with Gasteiger partial charge in [-0.05, 0) is 56.2 Å². The minimum absolute atomic E-state index is 0.176. The molecule has 8 nitrogen and oxygen atoms in total. The fraction of sp³-hybridized carbons (Fsp3) is 0.286. The number of amides is 2. The van der Waals surface area contributed by atoms with Crippen LogP contribution in [0.15, 0.2) is 60.1 Å². The Kier molecular flexibility index (Phi) is 7.60. The van der Waals surface area contributed by atoms with Crippen molar-refractivity contribution in [2.75, 3.05) is 11.9 Å². The second-order valence-electron chi connectivity index (χ2n) is 10.3. The standard InChI is InChI=1S/C28H21F8N5O3/c1-26-8-3-9-41(26)40(12-16-17(29)4-2-5-18(16)30)25(44)22(23(26)42)24(43)39-19-7-6-14(27(31,32)33)10-15(19)20-11-21(28(34,35)36)38-13-37-20/h2,4-7,10-11,13,42H,3,8-9,12H2,1H3,(H,39,43)/t26-/m1/s1. The molecule has 0 spiro atoms. The van der Waals surface area contributed by atoms with Gasteiger partial charge in [0.25, 0.3) is 11.8 Å². The second-order valence-corrected chi connectivity index (χ2v) is 10.3. The monoisotopic (exact) mass is 627 g/mol. The molecule has 232 valence electrons. The van der Waals surface area contributed by atoms with Crippen LogP contribution in [0, 0.1) is 11.6 Å². The van der Waals surface area contributed by atoms with Gasteiger partial charge in [0.15, 0.2) is 0 Å². The number of halogens is 8. The molecule has 1 atom stereocenters. The first kappa shape index (κ1) is 30.8. The number of aliphatic hydroxyl groups is 1. The topological polar surface area (TPSA) is 98.7 Å². The second kappa shape index (κ2) is 10.8. The Morgan fingerprint density at radius 1 is 1.02 bits per heavy atom. The van der Waals surface area contributed by atoms with E-state index in [0.29, 0.717) is 30.9 Å². The van der Waals surface area contributed by atoms with E-state index in [-0.39, 0.29) is 13.0 Å². The number of hydrogen-bond donors (Lipinski definition) is 2. The first-order chi connectivity index (χ1) is 20.5. The van der Waals surface area contributed by atoms with Gasteiger partial charge in [0.05, 0.1) is 29.0 Å². The minimum Gasteiger partial charge on any atom is -0.509 e. The van der Waals surface area contributed by atoms with Crippen LogP contribution in [0.4, 0.5) is 40.8 Å². The minimum atomic E-state index is -4.97. The molecule has 0 unspecified atom stereocenters. The number of aliphatic hydroxyl groups excluding tert-OH is 1. The Morgan fingerprint density at radius 3 is 2.34 bits per heavy atom. The molecule has 0 saturated carbocycles. The number of nitrogens with zero attached hydrogens (tertiary/aromatic N) is 4. The summed E-state index contributed by atoms with van der Waals surface area (Å²) in [5, 5.41) is 15.6. The van der Waals surface area contributed by atoms with Crippen LogP contribution in [0.1, 0.15) is 36.6 Å². The highest BCUT2D eigenvalue weighted by Crippen LogP contribution is 2.43. The number of nitrogens with one attached hydrogen (secondary N) is 1. The fourth-order valence-corrected chi connectivity index (χ4v) is 5.27. The molecule has 2 N–H and O–H groups in total. The van der Waals surface area contributed by atoms with Gasteiger partial charge in [-0.1, -0.05) is 6.07 Å². The van der Waals surface area contributed by atoms with Crippen molar-refractivity contribution in [1.82, 2.24) is 20.0 Å². The average Bonchev–Trinajstić information content (AvgIpc) is 3.34. The summed E-state index contributed by atoms with van der Waals surface area (Å²) in [4.78, 5) is 33.9. The maximum Gasteiger partial charge on any atom is 0.433 e. The Labute approximate surface area is 243 Å². The van der Waals surface area contributed by atoms with E-state index < -0.39 is 93.0 Å². The molecule has 0 aliphatic carbocycles. The lowest BCUT2D eigenvalue weighted by atomic mass is 9.90. The van der Waals surface area contributed by atoms with Crippen LogP contribution in [0.5, 0.6) is 0 Å². The summed E-state index contributed by atoms with van der Waals surface area (Å²) in [5.74, 6) is -5.14. The number of alkyl halides is 6. The molecule has 2 aliphatic rings. The summed E-state index contributed by atoms with van der Waals surface area (Å²) in [7, 11) is 0. The summed E-state index contributed by atoms with van der Waals surface area (Å²) >= 11 is 0. The molecule has 44 heavy (non-hydrogen) atoms. The van der Waals surface area contributed by atoms with Gasteiger partial charge in [-0.25, -0.2) is 23.8 Å². The molecule has 2 amide bonds. The van der Waals surface area contributed by atoms with Gasteiger partial charge in [0.2, 0.25) is 0 Å². The summed E-state index contributed by atoms with van der Waals surface area (Å²) in [6.45, 7) is 1.00. The van der Waals surface area contributed by atoms with Crippen LogP contribution in [-0.4, -0.2) is 49.0 Å². The van der Waals surface area contributed by atoms with Crippen molar-refractivity contribution in [3.8, 4) is 11.3 Å². The number of carbonyl (C=O) groups is 2. The van der Waals surface area contributed by atoms with E-state index in [9.17, 15) is 49.8 Å². The van der Waals surface area contributed by atoms with E-state index in [4.69, 9.17) is 0 Å². The highest BCUT2D eigenvalue weighted by molar-refractivity contribution is 6.24. The van der Waals surface area contributed by atoms with Crippen LogP contribution in [0.25, 0.3) is 11.3 Å². The molecule has 1 aromatic heterocycles. The third kappa shape index (κ3) is 5.44. The molecule has 2 aliphatic heterocycles. The average molecular weight is 627 g/mol. The smallest absolute Gasteiger partial charge is 0.433 e. The molecular weight excluding hydrogens is 606 g/mol.